The van der Waals surface area contributed by atoms with E-state index in [1.54, 1.807) is 11.8 Å². The molecule has 0 aliphatic carbocycles. The molecule has 3 heterocycles. The highest BCUT2D eigenvalue weighted by atomic mass is 32.2. The highest BCUT2D eigenvalue weighted by Gasteiger charge is 2.40. The van der Waals surface area contributed by atoms with Gasteiger partial charge in [-0.25, -0.2) is 0 Å². The van der Waals surface area contributed by atoms with Crippen LogP contribution in [0.25, 0.3) is 0 Å². The Balaban J connectivity index is 1.76. The van der Waals surface area contributed by atoms with E-state index in [-0.39, 0.29) is 37.4 Å². The predicted molar refractivity (Wildman–Crippen MR) is 64.7 cm³/mol. The Morgan fingerprint density at radius 3 is 2.80 bits per heavy atom. The summed E-state index contributed by atoms with van der Waals surface area (Å²) in [5.74, 6) is 0.517. The number of halogens is 3. The van der Waals surface area contributed by atoms with Crippen LogP contribution in [-0.2, 0) is 24.1 Å². The number of thioether (sulfide) groups is 1. The van der Waals surface area contributed by atoms with E-state index in [9.17, 15) is 18.0 Å². The number of nitrogens with zero attached hydrogens (tertiary/aromatic N) is 4. The van der Waals surface area contributed by atoms with Crippen LogP contribution in [0, 0.1) is 0 Å². The van der Waals surface area contributed by atoms with Crippen molar-refractivity contribution in [3.63, 3.8) is 0 Å². The molecule has 2 aliphatic rings. The molecule has 1 aromatic rings. The van der Waals surface area contributed by atoms with Crippen LogP contribution in [0.2, 0.25) is 0 Å². The van der Waals surface area contributed by atoms with Crippen molar-refractivity contribution >= 4 is 17.7 Å². The van der Waals surface area contributed by atoms with E-state index in [1.807, 2.05) is 0 Å². The summed E-state index contributed by atoms with van der Waals surface area (Å²) in [4.78, 5) is 13.7. The Labute approximate surface area is 116 Å². The Kier molecular flexibility index (Phi) is 3.36. The normalized spacial score (nSPS) is 22.9. The van der Waals surface area contributed by atoms with Crippen LogP contribution < -0.4 is 5.32 Å². The van der Waals surface area contributed by atoms with Gasteiger partial charge in [-0.15, -0.1) is 22.0 Å². The van der Waals surface area contributed by atoms with E-state index >= 15 is 0 Å². The molecule has 2 aliphatic heterocycles. The molecule has 1 saturated heterocycles. The van der Waals surface area contributed by atoms with Crippen molar-refractivity contribution in [2.24, 2.45) is 0 Å². The molecule has 20 heavy (non-hydrogen) atoms. The minimum absolute atomic E-state index is 0.0722. The van der Waals surface area contributed by atoms with Gasteiger partial charge in [0.25, 0.3) is 0 Å². The molecule has 3 rings (SSSR count). The lowest BCUT2D eigenvalue weighted by Gasteiger charge is -2.29. The molecule has 1 amide bonds. The molecule has 0 radical (unpaired) electrons. The third kappa shape index (κ3) is 2.37. The molecule has 10 heteroatoms. The SMILES string of the molecule is O=C(C1CSCN1)N1CCn2c(nnc2C(F)(F)F)C1. The van der Waals surface area contributed by atoms with E-state index in [2.05, 4.69) is 15.5 Å². The molecule has 1 N–H and O–H groups in total. The summed E-state index contributed by atoms with van der Waals surface area (Å²) >= 11 is 1.63. The Morgan fingerprint density at radius 2 is 2.15 bits per heavy atom. The van der Waals surface area contributed by atoms with Crippen molar-refractivity contribution in [1.82, 2.24) is 25.0 Å². The minimum Gasteiger partial charge on any atom is -0.332 e. The average molecular weight is 307 g/mol. The fourth-order valence-electron chi connectivity index (χ4n) is 2.33. The first kappa shape index (κ1) is 13.7. The zero-order valence-corrected chi connectivity index (χ0v) is 11.2. The van der Waals surface area contributed by atoms with Gasteiger partial charge in [0.05, 0.1) is 12.6 Å². The first-order valence-corrected chi connectivity index (χ1v) is 7.21. The van der Waals surface area contributed by atoms with Crippen molar-refractivity contribution in [3.8, 4) is 0 Å². The number of hydrogen-bond acceptors (Lipinski definition) is 5. The van der Waals surface area contributed by atoms with Crippen LogP contribution in [0.5, 0.6) is 0 Å². The fraction of sp³-hybridized carbons (Fsp3) is 0.700. The summed E-state index contributed by atoms with van der Waals surface area (Å²) in [7, 11) is 0. The van der Waals surface area contributed by atoms with E-state index in [0.29, 0.717) is 5.75 Å². The lowest BCUT2D eigenvalue weighted by molar-refractivity contribution is -0.148. The molecule has 1 aromatic heterocycles. The summed E-state index contributed by atoms with van der Waals surface area (Å²) in [6.07, 6.45) is -4.51. The van der Waals surface area contributed by atoms with E-state index in [0.717, 1.165) is 10.4 Å². The van der Waals surface area contributed by atoms with Crippen LogP contribution in [0.3, 0.4) is 0 Å². The first-order chi connectivity index (χ1) is 9.47. The summed E-state index contributed by atoms with van der Waals surface area (Å²) in [6, 6.07) is -0.253. The molecule has 1 atom stereocenters. The van der Waals surface area contributed by atoms with Crippen LogP contribution in [0.4, 0.5) is 13.2 Å². The maximum absolute atomic E-state index is 12.7. The van der Waals surface area contributed by atoms with Gasteiger partial charge in [0.2, 0.25) is 11.7 Å². The molecule has 1 unspecified atom stereocenters. The van der Waals surface area contributed by atoms with Crippen LogP contribution in [0.1, 0.15) is 11.6 Å². The molecular formula is C10H12F3N5OS. The summed E-state index contributed by atoms with van der Waals surface area (Å²) in [5, 5.41) is 9.80. The number of amides is 1. The maximum atomic E-state index is 12.7. The zero-order valence-electron chi connectivity index (χ0n) is 10.4. The van der Waals surface area contributed by atoms with Crippen molar-refractivity contribution in [2.75, 3.05) is 18.2 Å². The van der Waals surface area contributed by atoms with Gasteiger partial charge in [-0.2, -0.15) is 13.2 Å². The lowest BCUT2D eigenvalue weighted by Crippen LogP contribution is -2.48. The number of rotatable bonds is 1. The van der Waals surface area contributed by atoms with Crippen LogP contribution in [-0.4, -0.2) is 49.8 Å². The van der Waals surface area contributed by atoms with E-state index < -0.39 is 12.0 Å². The number of nitrogens with one attached hydrogen (secondary N) is 1. The Bertz CT molecular complexity index is 525. The highest BCUT2D eigenvalue weighted by Crippen LogP contribution is 2.29. The molecule has 0 aromatic carbocycles. The predicted octanol–water partition coefficient (Wildman–Crippen LogP) is 0.302. The highest BCUT2D eigenvalue weighted by molar-refractivity contribution is 7.99. The number of alkyl halides is 3. The number of hydrogen-bond donors (Lipinski definition) is 1. The number of carbonyl (C=O) groups excluding carboxylic acids is 1. The zero-order chi connectivity index (χ0) is 14.3. The second kappa shape index (κ2) is 4.92. The summed E-state index contributed by atoms with van der Waals surface area (Å²) in [5.41, 5.74) is 0. The number of fused-ring (bicyclic) bond motifs is 1. The summed E-state index contributed by atoms with van der Waals surface area (Å²) in [6.45, 7) is 0.392. The van der Waals surface area contributed by atoms with Gasteiger partial charge >= 0.3 is 6.18 Å². The summed E-state index contributed by atoms with van der Waals surface area (Å²) < 4.78 is 39.1. The van der Waals surface area contributed by atoms with Gasteiger partial charge in [0.15, 0.2) is 5.82 Å². The maximum Gasteiger partial charge on any atom is 0.451 e. The molecule has 0 bridgehead atoms. The fourth-order valence-corrected chi connectivity index (χ4v) is 3.26. The van der Waals surface area contributed by atoms with Gasteiger partial charge in [-0.1, -0.05) is 0 Å². The molecular weight excluding hydrogens is 295 g/mol. The van der Waals surface area contributed by atoms with E-state index in [1.165, 1.54) is 4.90 Å². The second-order valence-corrected chi connectivity index (χ2v) is 5.65. The third-order valence-electron chi connectivity index (χ3n) is 3.33. The van der Waals surface area contributed by atoms with Gasteiger partial charge in [0.1, 0.15) is 0 Å². The number of aromatic nitrogens is 3. The topological polar surface area (TPSA) is 63.1 Å². The molecule has 6 nitrogen and oxygen atoms in total. The Morgan fingerprint density at radius 1 is 1.35 bits per heavy atom. The van der Waals surface area contributed by atoms with Crippen molar-refractivity contribution in [3.05, 3.63) is 11.6 Å². The van der Waals surface area contributed by atoms with Crippen molar-refractivity contribution in [1.29, 1.82) is 0 Å². The Hall–Kier alpha value is -1.29. The van der Waals surface area contributed by atoms with Gasteiger partial charge in [-0.3, -0.25) is 10.1 Å². The smallest absolute Gasteiger partial charge is 0.332 e. The lowest BCUT2D eigenvalue weighted by atomic mass is 10.2. The van der Waals surface area contributed by atoms with Gasteiger partial charge in [0, 0.05) is 24.7 Å². The monoisotopic (exact) mass is 307 g/mol. The van der Waals surface area contributed by atoms with Crippen molar-refractivity contribution in [2.45, 2.75) is 25.3 Å². The molecule has 0 saturated carbocycles. The standard InChI is InChI=1S/C10H12F3N5OS/c11-10(12,13)9-16-15-7-3-17(1-2-18(7)9)8(19)6-4-20-5-14-6/h6,14H,1-5H2. The third-order valence-corrected chi connectivity index (χ3v) is 4.27. The van der Waals surface area contributed by atoms with Gasteiger partial charge in [-0.05, 0) is 0 Å². The quantitative estimate of drug-likeness (QED) is 0.808. The number of carbonyl (C=O) groups is 1. The average Bonchev–Trinajstić information content (AvgIpc) is 3.05. The molecule has 0 spiro atoms. The largest absolute Gasteiger partial charge is 0.451 e. The minimum atomic E-state index is -4.51. The molecule has 110 valence electrons. The van der Waals surface area contributed by atoms with E-state index in [4.69, 9.17) is 0 Å². The van der Waals surface area contributed by atoms with Crippen LogP contribution in [0.15, 0.2) is 0 Å². The van der Waals surface area contributed by atoms with Crippen LogP contribution >= 0.6 is 11.8 Å². The first-order valence-electron chi connectivity index (χ1n) is 6.06. The van der Waals surface area contributed by atoms with Gasteiger partial charge < -0.3 is 9.47 Å². The molecule has 1 fully saturated rings. The second-order valence-electron chi connectivity index (χ2n) is 4.62. The van der Waals surface area contributed by atoms with Crippen molar-refractivity contribution < 1.29 is 18.0 Å².